The summed E-state index contributed by atoms with van der Waals surface area (Å²) in [4.78, 5) is 10.1. The number of ether oxygens (including phenoxy) is 1. The molecule has 1 aliphatic rings. The van der Waals surface area contributed by atoms with Crippen molar-refractivity contribution < 1.29 is 4.74 Å². The lowest BCUT2D eigenvalue weighted by Gasteiger charge is -2.33. The number of fused-ring (bicyclic) bond motifs is 3. The van der Waals surface area contributed by atoms with Crippen LogP contribution in [0.4, 0.5) is 11.6 Å². The van der Waals surface area contributed by atoms with E-state index in [4.69, 9.17) is 14.7 Å². The Morgan fingerprint density at radius 3 is 1.95 bits per heavy atom. The molecule has 0 unspecified atom stereocenters. The van der Waals surface area contributed by atoms with Gasteiger partial charge in [0, 0.05) is 29.1 Å². The van der Waals surface area contributed by atoms with Gasteiger partial charge in [-0.3, -0.25) is 0 Å². The SMILES string of the molecule is COc1cc(N[C@@H]2CCCC[C@H]2Nc2cccc(-c3c4ccccc4cc4ccccc34)n2)nc2ccccc12. The van der Waals surface area contributed by atoms with E-state index in [0.29, 0.717) is 0 Å². The van der Waals surface area contributed by atoms with Crippen LogP contribution in [-0.2, 0) is 0 Å². The van der Waals surface area contributed by atoms with Crippen molar-refractivity contribution in [3.05, 3.63) is 103 Å². The van der Waals surface area contributed by atoms with Gasteiger partial charge in [0.2, 0.25) is 0 Å². The third kappa shape index (κ3) is 4.58. The molecule has 2 heterocycles. The van der Waals surface area contributed by atoms with E-state index in [1.807, 2.05) is 30.3 Å². The van der Waals surface area contributed by atoms with Gasteiger partial charge in [-0.05, 0) is 64.7 Å². The van der Waals surface area contributed by atoms with Crippen molar-refractivity contribution in [1.29, 1.82) is 0 Å². The number of methoxy groups -OCH3 is 1. The fraction of sp³-hybridized carbons (Fsp3) is 0.200. The number of para-hydroxylation sites is 1. The lowest BCUT2D eigenvalue weighted by Crippen LogP contribution is -2.42. The van der Waals surface area contributed by atoms with Crippen molar-refractivity contribution in [3.8, 4) is 17.0 Å². The summed E-state index contributed by atoms with van der Waals surface area (Å²) in [7, 11) is 1.72. The number of aromatic nitrogens is 2. The molecule has 0 amide bonds. The molecule has 4 aromatic carbocycles. The average molecular weight is 525 g/mol. The van der Waals surface area contributed by atoms with E-state index < -0.39 is 0 Å². The Morgan fingerprint density at radius 2 is 1.25 bits per heavy atom. The lowest BCUT2D eigenvalue weighted by atomic mass is 9.90. The van der Waals surface area contributed by atoms with Crippen LogP contribution in [0.2, 0.25) is 0 Å². The molecule has 198 valence electrons. The molecule has 1 aliphatic carbocycles. The molecule has 0 bridgehead atoms. The van der Waals surface area contributed by atoms with Crippen LogP contribution in [0.1, 0.15) is 25.7 Å². The van der Waals surface area contributed by atoms with Crippen LogP contribution in [0.25, 0.3) is 43.7 Å². The quantitative estimate of drug-likeness (QED) is 0.214. The molecule has 7 rings (SSSR count). The zero-order valence-corrected chi connectivity index (χ0v) is 22.6. The molecule has 5 nitrogen and oxygen atoms in total. The molecule has 1 fully saturated rings. The summed E-state index contributed by atoms with van der Waals surface area (Å²) in [5, 5.41) is 13.4. The second-order valence-electron chi connectivity index (χ2n) is 10.6. The van der Waals surface area contributed by atoms with Gasteiger partial charge in [0.1, 0.15) is 17.4 Å². The molecule has 1 saturated carbocycles. The van der Waals surface area contributed by atoms with Gasteiger partial charge in [0.25, 0.3) is 0 Å². The Morgan fingerprint density at radius 1 is 0.625 bits per heavy atom. The predicted molar refractivity (Wildman–Crippen MR) is 166 cm³/mol. The molecule has 2 atom stereocenters. The summed E-state index contributed by atoms with van der Waals surface area (Å²) in [6.07, 6.45) is 4.53. The Balaban J connectivity index is 1.21. The molecule has 40 heavy (non-hydrogen) atoms. The van der Waals surface area contributed by atoms with Crippen LogP contribution in [0.5, 0.6) is 5.75 Å². The van der Waals surface area contributed by atoms with Gasteiger partial charge in [-0.2, -0.15) is 0 Å². The number of anilines is 2. The van der Waals surface area contributed by atoms with Crippen molar-refractivity contribution in [3.63, 3.8) is 0 Å². The molecule has 6 aromatic rings. The highest BCUT2D eigenvalue weighted by atomic mass is 16.5. The van der Waals surface area contributed by atoms with Gasteiger partial charge >= 0.3 is 0 Å². The van der Waals surface area contributed by atoms with Gasteiger partial charge in [-0.1, -0.05) is 79.6 Å². The van der Waals surface area contributed by atoms with Gasteiger partial charge < -0.3 is 15.4 Å². The average Bonchev–Trinajstić information content (AvgIpc) is 3.00. The van der Waals surface area contributed by atoms with Crippen LogP contribution < -0.4 is 15.4 Å². The topological polar surface area (TPSA) is 59.1 Å². The first kappa shape index (κ1) is 24.4. The zero-order valence-electron chi connectivity index (χ0n) is 22.6. The summed E-state index contributed by atoms with van der Waals surface area (Å²) >= 11 is 0. The summed E-state index contributed by atoms with van der Waals surface area (Å²) in [6, 6.07) is 36.4. The van der Waals surface area contributed by atoms with Gasteiger partial charge in [-0.15, -0.1) is 0 Å². The van der Waals surface area contributed by atoms with E-state index >= 15 is 0 Å². The van der Waals surface area contributed by atoms with Crippen LogP contribution in [0, 0.1) is 0 Å². The minimum absolute atomic E-state index is 0.232. The van der Waals surface area contributed by atoms with Crippen LogP contribution >= 0.6 is 0 Å². The number of pyridine rings is 2. The van der Waals surface area contributed by atoms with Crippen LogP contribution in [0.3, 0.4) is 0 Å². The van der Waals surface area contributed by atoms with Crippen molar-refractivity contribution in [2.24, 2.45) is 0 Å². The van der Waals surface area contributed by atoms with Crippen LogP contribution in [0.15, 0.2) is 103 Å². The highest BCUT2D eigenvalue weighted by Gasteiger charge is 2.26. The fourth-order valence-electron chi connectivity index (χ4n) is 6.19. The van der Waals surface area contributed by atoms with Gasteiger partial charge in [0.05, 0.1) is 18.3 Å². The Labute approximate surface area is 234 Å². The number of hydrogen-bond acceptors (Lipinski definition) is 5. The Hall–Kier alpha value is -4.64. The van der Waals surface area contributed by atoms with E-state index in [0.717, 1.165) is 46.8 Å². The molecular weight excluding hydrogens is 492 g/mol. The molecule has 0 spiro atoms. The molecule has 2 aromatic heterocycles. The predicted octanol–water partition coefficient (Wildman–Crippen LogP) is 8.45. The number of hydrogen-bond donors (Lipinski definition) is 2. The first-order chi connectivity index (χ1) is 19.8. The fourth-order valence-corrected chi connectivity index (χ4v) is 6.19. The number of rotatable bonds is 6. The zero-order chi connectivity index (χ0) is 26.9. The summed E-state index contributed by atoms with van der Waals surface area (Å²) in [5.74, 6) is 2.58. The molecule has 0 aliphatic heterocycles. The van der Waals surface area contributed by atoms with Crippen molar-refractivity contribution in [2.75, 3.05) is 17.7 Å². The number of nitrogens with zero attached hydrogens (tertiary/aromatic N) is 2. The van der Waals surface area contributed by atoms with Crippen molar-refractivity contribution >= 4 is 44.1 Å². The minimum Gasteiger partial charge on any atom is -0.496 e. The van der Waals surface area contributed by atoms with E-state index in [1.54, 1.807) is 7.11 Å². The Kier molecular flexibility index (Phi) is 6.40. The third-order valence-corrected chi connectivity index (χ3v) is 8.11. The second kappa shape index (κ2) is 10.5. The monoisotopic (exact) mass is 524 g/mol. The van der Waals surface area contributed by atoms with Crippen molar-refractivity contribution in [2.45, 2.75) is 37.8 Å². The normalized spacial score (nSPS) is 17.2. The second-order valence-corrected chi connectivity index (χ2v) is 10.6. The maximum absolute atomic E-state index is 5.69. The Bertz CT molecular complexity index is 1780. The molecule has 2 N–H and O–H groups in total. The summed E-state index contributed by atoms with van der Waals surface area (Å²) < 4.78 is 5.69. The number of nitrogens with one attached hydrogen (secondary N) is 2. The van der Waals surface area contributed by atoms with Crippen molar-refractivity contribution in [1.82, 2.24) is 9.97 Å². The molecule has 0 radical (unpaired) electrons. The maximum Gasteiger partial charge on any atom is 0.131 e. The standard InChI is InChI=1S/C35H32N4O/c1-40-32-22-34(36-28-16-7-6-15-27(28)32)38-30-18-9-8-17-29(30)37-33-20-10-19-31(39-33)35-25-13-4-2-11-23(25)21-24-12-3-5-14-26(24)35/h2-7,10-16,19-22,29-30H,8-9,17-18H2,1H3,(H,36,38)(H,37,39)/t29-,30-/m1/s1. The molecule has 5 heteroatoms. The smallest absolute Gasteiger partial charge is 0.131 e. The summed E-state index contributed by atoms with van der Waals surface area (Å²) in [5.41, 5.74) is 3.10. The highest BCUT2D eigenvalue weighted by molar-refractivity contribution is 6.12. The van der Waals surface area contributed by atoms with Gasteiger partial charge in [-0.25, -0.2) is 9.97 Å². The van der Waals surface area contributed by atoms with E-state index in [2.05, 4.69) is 83.4 Å². The lowest BCUT2D eigenvalue weighted by molar-refractivity contribution is 0.416. The number of benzene rings is 4. The van der Waals surface area contributed by atoms with E-state index in [-0.39, 0.29) is 12.1 Å². The van der Waals surface area contributed by atoms with Crippen LogP contribution in [-0.4, -0.2) is 29.2 Å². The summed E-state index contributed by atoms with van der Waals surface area (Å²) in [6.45, 7) is 0. The van der Waals surface area contributed by atoms with Gasteiger partial charge in [0.15, 0.2) is 0 Å². The highest BCUT2D eigenvalue weighted by Crippen LogP contribution is 2.36. The minimum atomic E-state index is 0.232. The maximum atomic E-state index is 5.69. The third-order valence-electron chi connectivity index (χ3n) is 8.11. The first-order valence-corrected chi connectivity index (χ1v) is 14.1. The molecule has 0 saturated heterocycles. The largest absolute Gasteiger partial charge is 0.496 e. The first-order valence-electron chi connectivity index (χ1n) is 14.1. The van der Waals surface area contributed by atoms with E-state index in [1.165, 1.54) is 39.9 Å². The van der Waals surface area contributed by atoms with E-state index in [9.17, 15) is 0 Å². The molecular formula is C35H32N4O.